The number of aromatic amines is 1. The molecule has 0 spiro atoms. The van der Waals surface area contributed by atoms with Gasteiger partial charge in [0.05, 0.1) is 28.2 Å². The summed E-state index contributed by atoms with van der Waals surface area (Å²) < 4.78 is 10.7. The second kappa shape index (κ2) is 5.54. The Labute approximate surface area is 155 Å². The van der Waals surface area contributed by atoms with E-state index in [0.29, 0.717) is 0 Å². The smallest absolute Gasteiger partial charge is 0.143 e. The molecule has 134 valence electrons. The Balaban J connectivity index is 1.86. The number of aryl methyl sites for hydroxylation is 4. The Morgan fingerprint density at radius 1 is 0.815 bits per heavy atom. The van der Waals surface area contributed by atoms with Crippen LogP contribution in [0, 0.1) is 27.7 Å². The first-order valence-corrected chi connectivity index (χ1v) is 8.81. The largest absolute Gasteiger partial charge is 0.361 e. The molecule has 0 unspecified atom stereocenters. The van der Waals surface area contributed by atoms with Crippen molar-refractivity contribution in [1.29, 1.82) is 0 Å². The molecule has 4 heterocycles. The van der Waals surface area contributed by atoms with Gasteiger partial charge in [0.15, 0.2) is 0 Å². The fourth-order valence-electron chi connectivity index (χ4n) is 3.91. The quantitative estimate of drug-likeness (QED) is 0.465. The van der Waals surface area contributed by atoms with E-state index in [9.17, 15) is 0 Å². The lowest BCUT2D eigenvalue weighted by atomic mass is 9.99. The van der Waals surface area contributed by atoms with E-state index in [1.807, 2.05) is 40.0 Å². The van der Waals surface area contributed by atoms with Crippen LogP contribution in [0.4, 0.5) is 0 Å². The van der Waals surface area contributed by atoms with E-state index < -0.39 is 0 Å². The number of H-pyrrole nitrogens is 1. The topological polar surface area (TPSA) is 80.7 Å². The predicted molar refractivity (Wildman–Crippen MR) is 104 cm³/mol. The maximum Gasteiger partial charge on any atom is 0.143 e. The van der Waals surface area contributed by atoms with E-state index in [2.05, 4.69) is 38.5 Å². The Bertz CT molecular complexity index is 1280. The van der Waals surface area contributed by atoms with Crippen molar-refractivity contribution in [2.24, 2.45) is 0 Å². The van der Waals surface area contributed by atoms with Gasteiger partial charge in [-0.25, -0.2) is 0 Å². The van der Waals surface area contributed by atoms with Gasteiger partial charge in [-0.2, -0.15) is 0 Å². The standard InChI is InChI=1S/C21H18N4O2/c1-10-18(12(3)26-24-10)14-5-6-16-15(9-14)20-17(23-16)7-8-22-21(20)19-11(2)25-27-13(19)4/h5-9,23H,1-4H3. The molecule has 0 saturated heterocycles. The van der Waals surface area contributed by atoms with E-state index >= 15 is 0 Å². The molecule has 6 heteroatoms. The van der Waals surface area contributed by atoms with Gasteiger partial charge in [-0.1, -0.05) is 16.4 Å². The van der Waals surface area contributed by atoms with Crippen LogP contribution < -0.4 is 0 Å². The molecule has 6 nitrogen and oxygen atoms in total. The van der Waals surface area contributed by atoms with Crippen molar-refractivity contribution in [1.82, 2.24) is 20.3 Å². The summed E-state index contributed by atoms with van der Waals surface area (Å²) in [5.41, 5.74) is 7.75. The Morgan fingerprint density at radius 3 is 2.19 bits per heavy atom. The van der Waals surface area contributed by atoms with E-state index in [4.69, 9.17) is 9.05 Å². The summed E-state index contributed by atoms with van der Waals surface area (Å²) in [6.45, 7) is 7.75. The Hall–Kier alpha value is -3.41. The number of nitrogens with one attached hydrogen (secondary N) is 1. The summed E-state index contributed by atoms with van der Waals surface area (Å²) in [6.07, 6.45) is 1.81. The number of aromatic nitrogens is 4. The molecular weight excluding hydrogens is 340 g/mol. The molecule has 5 rings (SSSR count). The first kappa shape index (κ1) is 15.8. The number of pyridine rings is 1. The predicted octanol–water partition coefficient (Wildman–Crippen LogP) is 5.26. The van der Waals surface area contributed by atoms with Gasteiger partial charge in [-0.3, -0.25) is 4.98 Å². The van der Waals surface area contributed by atoms with Crippen LogP contribution in [0.1, 0.15) is 22.9 Å². The molecule has 0 bridgehead atoms. The third-order valence-electron chi connectivity index (χ3n) is 5.10. The van der Waals surface area contributed by atoms with Crippen molar-refractivity contribution >= 4 is 21.8 Å². The molecular formula is C21H18N4O2. The number of nitrogens with zero attached hydrogens (tertiary/aromatic N) is 3. The summed E-state index contributed by atoms with van der Waals surface area (Å²) in [4.78, 5) is 8.16. The average Bonchev–Trinajstić information content (AvgIpc) is 3.30. The molecule has 5 aromatic rings. The van der Waals surface area contributed by atoms with Gasteiger partial charge in [-0.05, 0) is 51.5 Å². The fraction of sp³-hybridized carbons (Fsp3) is 0.190. The molecule has 0 aliphatic rings. The molecule has 0 atom stereocenters. The number of hydrogen-bond acceptors (Lipinski definition) is 5. The molecule has 1 N–H and O–H groups in total. The van der Waals surface area contributed by atoms with Crippen LogP contribution in [-0.4, -0.2) is 20.3 Å². The van der Waals surface area contributed by atoms with Crippen LogP contribution in [0.15, 0.2) is 39.5 Å². The summed E-state index contributed by atoms with van der Waals surface area (Å²) in [5.74, 6) is 1.58. The van der Waals surface area contributed by atoms with Crippen molar-refractivity contribution in [2.75, 3.05) is 0 Å². The van der Waals surface area contributed by atoms with Crippen LogP contribution >= 0.6 is 0 Å². The van der Waals surface area contributed by atoms with Crippen molar-refractivity contribution < 1.29 is 9.05 Å². The van der Waals surface area contributed by atoms with Crippen molar-refractivity contribution in [3.63, 3.8) is 0 Å². The highest BCUT2D eigenvalue weighted by atomic mass is 16.5. The number of benzene rings is 1. The summed E-state index contributed by atoms with van der Waals surface area (Å²) in [5, 5.41) is 10.4. The third kappa shape index (κ3) is 2.23. The number of hydrogen-bond donors (Lipinski definition) is 1. The summed E-state index contributed by atoms with van der Waals surface area (Å²) in [6, 6.07) is 8.34. The zero-order chi connectivity index (χ0) is 18.7. The van der Waals surface area contributed by atoms with Gasteiger partial charge < -0.3 is 14.0 Å². The zero-order valence-electron chi connectivity index (χ0n) is 15.5. The van der Waals surface area contributed by atoms with Gasteiger partial charge in [-0.15, -0.1) is 0 Å². The van der Waals surface area contributed by atoms with Gasteiger partial charge in [0, 0.05) is 28.0 Å². The van der Waals surface area contributed by atoms with Crippen molar-refractivity contribution in [3.05, 3.63) is 53.4 Å². The Kier molecular flexibility index (Phi) is 3.25. The minimum Gasteiger partial charge on any atom is -0.361 e. The molecule has 0 fully saturated rings. The monoisotopic (exact) mass is 358 g/mol. The lowest BCUT2D eigenvalue weighted by Crippen LogP contribution is -1.88. The average molecular weight is 358 g/mol. The number of fused-ring (bicyclic) bond motifs is 3. The van der Waals surface area contributed by atoms with Gasteiger partial charge in [0.1, 0.15) is 11.5 Å². The highest BCUT2D eigenvalue weighted by Gasteiger charge is 2.19. The van der Waals surface area contributed by atoms with Crippen LogP contribution in [0.5, 0.6) is 0 Å². The molecule has 0 radical (unpaired) electrons. The maximum absolute atomic E-state index is 5.38. The zero-order valence-corrected chi connectivity index (χ0v) is 15.5. The van der Waals surface area contributed by atoms with E-state index in [1.54, 1.807) is 0 Å². The summed E-state index contributed by atoms with van der Waals surface area (Å²) in [7, 11) is 0. The molecule has 0 amide bonds. The van der Waals surface area contributed by atoms with Crippen LogP contribution in [0.25, 0.3) is 44.2 Å². The highest BCUT2D eigenvalue weighted by Crippen LogP contribution is 2.38. The SMILES string of the molecule is Cc1noc(C)c1-c1ccc2[nH]c3ccnc(-c4c(C)noc4C)c3c2c1. The van der Waals surface area contributed by atoms with Crippen LogP contribution in [0.2, 0.25) is 0 Å². The number of rotatable bonds is 2. The van der Waals surface area contributed by atoms with Crippen molar-refractivity contribution in [3.8, 4) is 22.4 Å². The first-order valence-electron chi connectivity index (χ1n) is 8.81. The summed E-state index contributed by atoms with van der Waals surface area (Å²) >= 11 is 0. The van der Waals surface area contributed by atoms with Crippen molar-refractivity contribution in [2.45, 2.75) is 27.7 Å². The van der Waals surface area contributed by atoms with Crippen LogP contribution in [0.3, 0.4) is 0 Å². The van der Waals surface area contributed by atoms with Gasteiger partial charge >= 0.3 is 0 Å². The lowest BCUT2D eigenvalue weighted by molar-refractivity contribution is 0.393. The second-order valence-corrected chi connectivity index (χ2v) is 6.87. The molecule has 4 aromatic heterocycles. The van der Waals surface area contributed by atoms with Gasteiger partial charge in [0.25, 0.3) is 0 Å². The first-order chi connectivity index (χ1) is 13.0. The minimum absolute atomic E-state index is 0.767. The normalized spacial score (nSPS) is 11.7. The van der Waals surface area contributed by atoms with E-state index in [1.165, 1.54) is 0 Å². The fourth-order valence-corrected chi connectivity index (χ4v) is 3.91. The Morgan fingerprint density at radius 2 is 1.52 bits per heavy atom. The second-order valence-electron chi connectivity index (χ2n) is 6.87. The molecule has 0 saturated carbocycles. The molecule has 27 heavy (non-hydrogen) atoms. The molecule has 1 aromatic carbocycles. The molecule has 0 aliphatic heterocycles. The lowest BCUT2D eigenvalue weighted by Gasteiger charge is -2.04. The highest BCUT2D eigenvalue weighted by molar-refractivity contribution is 6.14. The molecule has 0 aliphatic carbocycles. The third-order valence-corrected chi connectivity index (χ3v) is 5.10. The van der Waals surface area contributed by atoms with Gasteiger partial charge in [0.2, 0.25) is 0 Å². The minimum atomic E-state index is 0.767. The van der Waals surface area contributed by atoms with E-state index in [0.717, 1.165) is 67.1 Å². The van der Waals surface area contributed by atoms with Crippen LogP contribution in [-0.2, 0) is 0 Å². The van der Waals surface area contributed by atoms with E-state index in [-0.39, 0.29) is 0 Å². The maximum atomic E-state index is 5.38.